The summed E-state index contributed by atoms with van der Waals surface area (Å²) >= 11 is 0. The molecule has 2 N–H and O–H groups in total. The van der Waals surface area contributed by atoms with Crippen LogP contribution in [0.3, 0.4) is 0 Å². The van der Waals surface area contributed by atoms with Gasteiger partial charge in [-0.2, -0.15) is 0 Å². The van der Waals surface area contributed by atoms with Gasteiger partial charge in [0.1, 0.15) is 11.6 Å². The SMILES string of the molecule is CCc1nc(C(=O)Nc2cc(C)ccc2F)n[nH]1. The van der Waals surface area contributed by atoms with E-state index in [4.69, 9.17) is 0 Å². The molecule has 1 heterocycles. The zero-order chi connectivity index (χ0) is 13.1. The molecule has 1 amide bonds. The van der Waals surface area contributed by atoms with E-state index >= 15 is 0 Å². The van der Waals surface area contributed by atoms with E-state index in [1.54, 1.807) is 12.1 Å². The quantitative estimate of drug-likeness (QED) is 0.873. The van der Waals surface area contributed by atoms with Gasteiger partial charge in [-0.1, -0.05) is 13.0 Å². The van der Waals surface area contributed by atoms with Crippen molar-refractivity contribution < 1.29 is 9.18 Å². The molecule has 2 rings (SSSR count). The van der Waals surface area contributed by atoms with Crippen LogP contribution in [0.5, 0.6) is 0 Å². The molecule has 0 spiro atoms. The van der Waals surface area contributed by atoms with E-state index in [0.29, 0.717) is 12.2 Å². The minimum atomic E-state index is -0.532. The van der Waals surface area contributed by atoms with Crippen molar-refractivity contribution in [2.24, 2.45) is 0 Å². The number of aryl methyl sites for hydroxylation is 2. The highest BCUT2D eigenvalue weighted by Gasteiger charge is 2.14. The Morgan fingerprint density at radius 3 is 2.94 bits per heavy atom. The molecule has 0 aliphatic carbocycles. The molecule has 2 aromatic rings. The number of anilines is 1. The van der Waals surface area contributed by atoms with E-state index in [9.17, 15) is 9.18 Å². The largest absolute Gasteiger partial charge is 0.317 e. The Labute approximate surface area is 103 Å². The molecule has 0 aliphatic heterocycles. The highest BCUT2D eigenvalue weighted by molar-refractivity contribution is 6.01. The van der Waals surface area contributed by atoms with Gasteiger partial charge >= 0.3 is 0 Å². The third-order valence-electron chi connectivity index (χ3n) is 2.44. The van der Waals surface area contributed by atoms with Crippen molar-refractivity contribution in [1.29, 1.82) is 0 Å². The summed E-state index contributed by atoms with van der Waals surface area (Å²) in [5, 5.41) is 8.84. The van der Waals surface area contributed by atoms with Gasteiger partial charge in [0, 0.05) is 6.42 Å². The van der Waals surface area contributed by atoms with Gasteiger partial charge in [-0.15, -0.1) is 5.10 Å². The molecule has 0 radical (unpaired) electrons. The van der Waals surface area contributed by atoms with Crippen LogP contribution in [0.1, 0.15) is 28.9 Å². The maximum atomic E-state index is 13.5. The highest BCUT2D eigenvalue weighted by Crippen LogP contribution is 2.16. The smallest absolute Gasteiger partial charge is 0.295 e. The minimum Gasteiger partial charge on any atom is -0.317 e. The van der Waals surface area contributed by atoms with Crippen molar-refractivity contribution in [2.75, 3.05) is 5.32 Å². The number of halogens is 1. The Hall–Kier alpha value is -2.24. The number of aromatic nitrogens is 3. The summed E-state index contributed by atoms with van der Waals surface area (Å²) in [6.45, 7) is 3.71. The molecule has 0 saturated heterocycles. The highest BCUT2D eigenvalue weighted by atomic mass is 19.1. The van der Waals surface area contributed by atoms with Crippen LogP contribution >= 0.6 is 0 Å². The van der Waals surface area contributed by atoms with E-state index in [1.165, 1.54) is 6.07 Å². The molecule has 94 valence electrons. The molecular formula is C12H13FN4O. The zero-order valence-corrected chi connectivity index (χ0v) is 10.1. The number of carbonyl (C=O) groups excluding carboxylic acids is 1. The molecule has 6 heteroatoms. The van der Waals surface area contributed by atoms with Crippen LogP contribution in [-0.4, -0.2) is 21.1 Å². The molecular weight excluding hydrogens is 235 g/mol. The van der Waals surface area contributed by atoms with Crippen molar-refractivity contribution in [3.05, 3.63) is 41.2 Å². The average molecular weight is 248 g/mol. The van der Waals surface area contributed by atoms with Gasteiger partial charge < -0.3 is 5.32 Å². The van der Waals surface area contributed by atoms with Crippen LogP contribution in [0.4, 0.5) is 10.1 Å². The predicted octanol–water partition coefficient (Wildman–Crippen LogP) is 2.07. The molecule has 0 unspecified atom stereocenters. The van der Waals surface area contributed by atoms with Crippen molar-refractivity contribution in [3.8, 4) is 0 Å². The van der Waals surface area contributed by atoms with Crippen molar-refractivity contribution in [2.45, 2.75) is 20.3 Å². The number of amides is 1. The van der Waals surface area contributed by atoms with Gasteiger partial charge in [-0.3, -0.25) is 9.89 Å². The lowest BCUT2D eigenvalue weighted by molar-refractivity contribution is 0.101. The summed E-state index contributed by atoms with van der Waals surface area (Å²) < 4.78 is 13.5. The van der Waals surface area contributed by atoms with Crippen LogP contribution in [-0.2, 0) is 6.42 Å². The number of nitrogens with one attached hydrogen (secondary N) is 2. The van der Waals surface area contributed by atoms with E-state index in [1.807, 2.05) is 13.8 Å². The van der Waals surface area contributed by atoms with E-state index < -0.39 is 11.7 Å². The first-order valence-electron chi connectivity index (χ1n) is 5.59. The van der Waals surface area contributed by atoms with Gasteiger partial charge in [0.05, 0.1) is 5.69 Å². The van der Waals surface area contributed by atoms with Gasteiger partial charge in [0.15, 0.2) is 0 Å². The number of benzene rings is 1. The van der Waals surface area contributed by atoms with E-state index in [0.717, 1.165) is 5.56 Å². The number of nitrogens with zero attached hydrogens (tertiary/aromatic N) is 2. The van der Waals surface area contributed by atoms with Crippen molar-refractivity contribution >= 4 is 11.6 Å². The Bertz CT molecular complexity index is 579. The standard InChI is InChI=1S/C12H13FN4O/c1-3-10-15-11(17-16-10)12(18)14-9-6-7(2)4-5-8(9)13/h4-6H,3H2,1-2H3,(H,14,18)(H,15,16,17). The Kier molecular flexibility index (Phi) is 3.36. The van der Waals surface area contributed by atoms with Crippen LogP contribution in [0, 0.1) is 12.7 Å². The molecule has 0 bridgehead atoms. The fourth-order valence-corrected chi connectivity index (χ4v) is 1.47. The third-order valence-corrected chi connectivity index (χ3v) is 2.44. The fraction of sp³-hybridized carbons (Fsp3) is 0.250. The first-order chi connectivity index (χ1) is 8.60. The molecule has 5 nitrogen and oxygen atoms in total. The summed E-state index contributed by atoms with van der Waals surface area (Å²) in [5.41, 5.74) is 0.985. The summed E-state index contributed by atoms with van der Waals surface area (Å²) in [6.07, 6.45) is 0.652. The Morgan fingerprint density at radius 2 is 2.28 bits per heavy atom. The third kappa shape index (κ3) is 2.53. The number of hydrogen-bond donors (Lipinski definition) is 2. The second kappa shape index (κ2) is 4.95. The second-order valence-corrected chi connectivity index (χ2v) is 3.90. The van der Waals surface area contributed by atoms with E-state index in [2.05, 4.69) is 20.5 Å². The van der Waals surface area contributed by atoms with Crippen LogP contribution in [0.2, 0.25) is 0 Å². The monoisotopic (exact) mass is 248 g/mol. The summed E-state index contributed by atoms with van der Waals surface area (Å²) in [4.78, 5) is 15.8. The number of H-pyrrole nitrogens is 1. The zero-order valence-electron chi connectivity index (χ0n) is 10.1. The number of hydrogen-bond acceptors (Lipinski definition) is 3. The molecule has 1 aromatic heterocycles. The van der Waals surface area contributed by atoms with Crippen LogP contribution in [0.25, 0.3) is 0 Å². The Morgan fingerprint density at radius 1 is 1.50 bits per heavy atom. The van der Waals surface area contributed by atoms with Gasteiger partial charge in [-0.25, -0.2) is 9.37 Å². The lowest BCUT2D eigenvalue weighted by atomic mass is 10.2. The minimum absolute atomic E-state index is 0.00718. The van der Waals surface area contributed by atoms with Gasteiger partial charge in [-0.05, 0) is 24.6 Å². The molecule has 0 fully saturated rings. The average Bonchev–Trinajstić information content (AvgIpc) is 2.82. The normalized spacial score (nSPS) is 10.4. The van der Waals surface area contributed by atoms with Crippen molar-refractivity contribution in [3.63, 3.8) is 0 Å². The molecule has 0 atom stereocenters. The summed E-state index contributed by atoms with van der Waals surface area (Å²) in [5.74, 6) is -0.395. The first kappa shape index (κ1) is 12.2. The number of aromatic amines is 1. The maximum Gasteiger partial charge on any atom is 0.295 e. The maximum absolute atomic E-state index is 13.5. The Balaban J connectivity index is 2.18. The number of rotatable bonds is 3. The van der Waals surface area contributed by atoms with Crippen molar-refractivity contribution in [1.82, 2.24) is 15.2 Å². The number of carbonyl (C=O) groups is 1. The molecule has 18 heavy (non-hydrogen) atoms. The fourth-order valence-electron chi connectivity index (χ4n) is 1.47. The van der Waals surface area contributed by atoms with E-state index in [-0.39, 0.29) is 11.5 Å². The summed E-state index contributed by atoms with van der Waals surface area (Å²) in [6, 6.07) is 4.49. The lowest BCUT2D eigenvalue weighted by Crippen LogP contribution is -2.15. The van der Waals surface area contributed by atoms with Gasteiger partial charge in [0.25, 0.3) is 5.91 Å². The lowest BCUT2D eigenvalue weighted by Gasteiger charge is -2.04. The van der Waals surface area contributed by atoms with Gasteiger partial charge in [0.2, 0.25) is 5.82 Å². The predicted molar refractivity (Wildman–Crippen MR) is 64.9 cm³/mol. The molecule has 1 aromatic carbocycles. The first-order valence-corrected chi connectivity index (χ1v) is 5.59. The molecule has 0 aliphatic rings. The summed E-state index contributed by atoms with van der Waals surface area (Å²) in [7, 11) is 0. The topological polar surface area (TPSA) is 70.7 Å². The van der Waals surface area contributed by atoms with Crippen LogP contribution < -0.4 is 5.32 Å². The van der Waals surface area contributed by atoms with Crippen LogP contribution in [0.15, 0.2) is 18.2 Å². The second-order valence-electron chi connectivity index (χ2n) is 3.90. The molecule has 0 saturated carbocycles.